The molecule has 0 aromatic heterocycles. The number of rotatable bonds is 11. The van der Waals surface area contributed by atoms with Gasteiger partial charge in [0.2, 0.25) is 0 Å². The van der Waals surface area contributed by atoms with Crippen molar-refractivity contribution in [2.45, 2.75) is 45.4 Å². The van der Waals surface area contributed by atoms with Crippen molar-refractivity contribution in [3.63, 3.8) is 0 Å². The standard InChI is InChI=1S/C25H28ClNO4S/c1-3-4-5-6-7-8-14-31-21-13-12-18(15-22(21)30-2)16-23-24(28)27(25(29)32-23)20-11-9-10-19(26)17-20/h9-13,15-17H,3-8,14H2,1-2H3/b23-16-. The molecule has 2 amide bonds. The minimum absolute atomic E-state index is 0.345. The van der Waals surface area contributed by atoms with Gasteiger partial charge >= 0.3 is 0 Å². The number of unbranched alkanes of at least 4 members (excludes halogenated alkanes) is 5. The average Bonchev–Trinajstić information content (AvgIpc) is 3.06. The molecule has 1 saturated heterocycles. The fourth-order valence-corrected chi connectivity index (χ4v) is 4.44. The van der Waals surface area contributed by atoms with Crippen molar-refractivity contribution in [2.24, 2.45) is 0 Å². The van der Waals surface area contributed by atoms with Crippen LogP contribution in [-0.4, -0.2) is 24.9 Å². The van der Waals surface area contributed by atoms with Gasteiger partial charge in [-0.15, -0.1) is 0 Å². The molecule has 0 unspecified atom stereocenters. The Balaban J connectivity index is 1.65. The lowest BCUT2D eigenvalue weighted by atomic mass is 10.1. The van der Waals surface area contributed by atoms with E-state index in [0.29, 0.717) is 33.7 Å². The molecule has 1 heterocycles. The van der Waals surface area contributed by atoms with Gasteiger partial charge in [-0.25, -0.2) is 4.90 Å². The molecule has 0 aliphatic carbocycles. The van der Waals surface area contributed by atoms with Crippen LogP contribution in [0, 0.1) is 0 Å². The van der Waals surface area contributed by atoms with Crippen LogP contribution in [0.5, 0.6) is 11.5 Å². The Morgan fingerprint density at radius 3 is 2.53 bits per heavy atom. The molecular weight excluding hydrogens is 446 g/mol. The molecule has 2 aromatic rings. The molecule has 0 bridgehead atoms. The zero-order valence-corrected chi connectivity index (χ0v) is 20.0. The normalized spacial score (nSPS) is 15.0. The fraction of sp³-hybridized carbons (Fsp3) is 0.360. The molecule has 1 fully saturated rings. The van der Waals surface area contributed by atoms with Crippen molar-refractivity contribution in [3.05, 3.63) is 58.0 Å². The maximum absolute atomic E-state index is 12.8. The van der Waals surface area contributed by atoms with Crippen LogP contribution in [0.25, 0.3) is 6.08 Å². The van der Waals surface area contributed by atoms with E-state index in [4.69, 9.17) is 21.1 Å². The molecule has 1 aliphatic rings. The number of ether oxygens (including phenoxy) is 2. The summed E-state index contributed by atoms with van der Waals surface area (Å²) >= 11 is 6.91. The van der Waals surface area contributed by atoms with Gasteiger partial charge in [-0.1, -0.05) is 62.8 Å². The molecule has 0 saturated carbocycles. The van der Waals surface area contributed by atoms with Crippen molar-refractivity contribution in [1.82, 2.24) is 0 Å². The van der Waals surface area contributed by atoms with Crippen molar-refractivity contribution in [1.29, 1.82) is 0 Å². The topological polar surface area (TPSA) is 55.8 Å². The van der Waals surface area contributed by atoms with Crippen LogP contribution in [0.1, 0.15) is 51.0 Å². The quantitative estimate of drug-likeness (QED) is 0.252. The number of carbonyl (C=O) groups is 2. The van der Waals surface area contributed by atoms with E-state index in [2.05, 4.69) is 6.92 Å². The molecular formula is C25H28ClNO4S. The summed E-state index contributed by atoms with van der Waals surface area (Å²) in [6.07, 6.45) is 8.89. The summed E-state index contributed by atoms with van der Waals surface area (Å²) in [5.41, 5.74) is 1.21. The lowest BCUT2D eigenvalue weighted by Gasteiger charge is -2.12. The number of hydrogen-bond acceptors (Lipinski definition) is 5. The van der Waals surface area contributed by atoms with Crippen LogP contribution in [-0.2, 0) is 4.79 Å². The minimum atomic E-state index is -0.371. The fourth-order valence-electron chi connectivity index (χ4n) is 3.41. The van der Waals surface area contributed by atoms with Crippen molar-refractivity contribution >= 4 is 46.3 Å². The Morgan fingerprint density at radius 1 is 1.00 bits per heavy atom. The van der Waals surface area contributed by atoms with E-state index in [0.717, 1.165) is 35.1 Å². The molecule has 0 radical (unpaired) electrons. The molecule has 7 heteroatoms. The van der Waals surface area contributed by atoms with Crippen LogP contribution < -0.4 is 14.4 Å². The zero-order chi connectivity index (χ0) is 22.9. The van der Waals surface area contributed by atoms with Crippen LogP contribution in [0.4, 0.5) is 10.5 Å². The van der Waals surface area contributed by atoms with E-state index in [1.54, 1.807) is 37.5 Å². The number of hydrogen-bond donors (Lipinski definition) is 0. The molecule has 170 valence electrons. The van der Waals surface area contributed by atoms with Gasteiger partial charge in [0.15, 0.2) is 11.5 Å². The van der Waals surface area contributed by atoms with Crippen molar-refractivity contribution < 1.29 is 19.1 Å². The highest BCUT2D eigenvalue weighted by Gasteiger charge is 2.36. The molecule has 32 heavy (non-hydrogen) atoms. The van der Waals surface area contributed by atoms with Gasteiger partial charge in [-0.2, -0.15) is 0 Å². The molecule has 1 aliphatic heterocycles. The largest absolute Gasteiger partial charge is 0.493 e. The number of amides is 2. The number of methoxy groups -OCH3 is 1. The Morgan fingerprint density at radius 2 is 1.78 bits per heavy atom. The van der Waals surface area contributed by atoms with Crippen LogP contribution in [0.3, 0.4) is 0 Å². The van der Waals surface area contributed by atoms with Gasteiger partial charge in [0, 0.05) is 5.02 Å². The maximum Gasteiger partial charge on any atom is 0.298 e. The number of nitrogens with zero attached hydrogens (tertiary/aromatic N) is 1. The number of carbonyl (C=O) groups excluding carboxylic acids is 2. The number of benzene rings is 2. The summed E-state index contributed by atoms with van der Waals surface area (Å²) in [5.74, 6) is 0.897. The molecule has 5 nitrogen and oxygen atoms in total. The highest BCUT2D eigenvalue weighted by Crippen LogP contribution is 2.37. The third-order valence-corrected chi connectivity index (χ3v) is 6.21. The number of thioether (sulfide) groups is 1. The summed E-state index contributed by atoms with van der Waals surface area (Å²) in [6.45, 7) is 2.85. The average molecular weight is 474 g/mol. The van der Waals surface area contributed by atoms with Gasteiger partial charge in [0.25, 0.3) is 11.1 Å². The maximum atomic E-state index is 12.8. The Bertz CT molecular complexity index is 992. The highest BCUT2D eigenvalue weighted by molar-refractivity contribution is 8.19. The number of imide groups is 1. The lowest BCUT2D eigenvalue weighted by Crippen LogP contribution is -2.27. The monoisotopic (exact) mass is 473 g/mol. The number of halogens is 1. The minimum Gasteiger partial charge on any atom is -0.493 e. The first-order valence-electron chi connectivity index (χ1n) is 10.9. The summed E-state index contributed by atoms with van der Waals surface area (Å²) < 4.78 is 11.4. The van der Waals surface area contributed by atoms with E-state index in [1.807, 2.05) is 18.2 Å². The predicted octanol–water partition coefficient (Wildman–Crippen LogP) is 7.33. The molecule has 0 atom stereocenters. The molecule has 2 aromatic carbocycles. The lowest BCUT2D eigenvalue weighted by molar-refractivity contribution is -0.113. The SMILES string of the molecule is CCCCCCCCOc1ccc(/C=C2\SC(=O)N(c3cccc(Cl)c3)C2=O)cc1OC. The van der Waals surface area contributed by atoms with Gasteiger partial charge in [-0.05, 0) is 60.2 Å². The van der Waals surface area contributed by atoms with E-state index in [9.17, 15) is 9.59 Å². The van der Waals surface area contributed by atoms with E-state index in [1.165, 1.54) is 25.7 Å². The Hall–Kier alpha value is -2.44. The summed E-state index contributed by atoms with van der Waals surface area (Å²) in [6, 6.07) is 12.2. The zero-order valence-electron chi connectivity index (χ0n) is 18.4. The van der Waals surface area contributed by atoms with Crippen molar-refractivity contribution in [3.8, 4) is 11.5 Å². The van der Waals surface area contributed by atoms with Gasteiger partial charge in [-0.3, -0.25) is 9.59 Å². The predicted molar refractivity (Wildman–Crippen MR) is 132 cm³/mol. The molecule has 0 spiro atoms. The van der Waals surface area contributed by atoms with Gasteiger partial charge < -0.3 is 9.47 Å². The first-order valence-corrected chi connectivity index (χ1v) is 12.1. The summed E-state index contributed by atoms with van der Waals surface area (Å²) in [5, 5.41) is 0.112. The second-order valence-electron chi connectivity index (χ2n) is 7.52. The van der Waals surface area contributed by atoms with Crippen LogP contribution >= 0.6 is 23.4 Å². The van der Waals surface area contributed by atoms with Crippen LogP contribution in [0.2, 0.25) is 5.02 Å². The Labute approximate surface area is 198 Å². The third-order valence-electron chi connectivity index (χ3n) is 5.10. The second kappa shape index (κ2) is 12.0. The second-order valence-corrected chi connectivity index (χ2v) is 8.95. The summed E-state index contributed by atoms with van der Waals surface area (Å²) in [7, 11) is 1.59. The molecule has 3 rings (SSSR count). The van der Waals surface area contributed by atoms with Crippen LogP contribution in [0.15, 0.2) is 47.4 Å². The first kappa shape index (κ1) is 24.2. The van der Waals surface area contributed by atoms with E-state index >= 15 is 0 Å². The highest BCUT2D eigenvalue weighted by atomic mass is 35.5. The first-order chi connectivity index (χ1) is 15.5. The van der Waals surface area contributed by atoms with Gasteiger partial charge in [0.05, 0.1) is 24.3 Å². The van der Waals surface area contributed by atoms with Gasteiger partial charge in [0.1, 0.15) is 0 Å². The number of anilines is 1. The summed E-state index contributed by atoms with van der Waals surface area (Å²) in [4.78, 5) is 26.8. The third kappa shape index (κ3) is 6.30. The van der Waals surface area contributed by atoms with E-state index in [-0.39, 0.29) is 11.1 Å². The van der Waals surface area contributed by atoms with Crippen molar-refractivity contribution in [2.75, 3.05) is 18.6 Å². The smallest absolute Gasteiger partial charge is 0.298 e. The molecule has 0 N–H and O–H groups in total. The van der Waals surface area contributed by atoms with E-state index < -0.39 is 0 Å². The Kier molecular flexibility index (Phi) is 9.06.